The predicted molar refractivity (Wildman–Crippen MR) is 77.6 cm³/mol. The zero-order valence-electron chi connectivity index (χ0n) is 12.1. The highest BCUT2D eigenvalue weighted by Gasteiger charge is 2.17. The molecule has 0 saturated carbocycles. The summed E-state index contributed by atoms with van der Waals surface area (Å²) >= 11 is 0. The fraction of sp³-hybridized carbons (Fsp3) is 0.600. The first-order valence-corrected chi connectivity index (χ1v) is 6.79. The number of hydrogen-bond donors (Lipinski definition) is 2. The highest BCUT2D eigenvalue weighted by molar-refractivity contribution is 5.76. The molecule has 19 heavy (non-hydrogen) atoms. The van der Waals surface area contributed by atoms with Crippen LogP contribution in [0.1, 0.15) is 39.3 Å². The molecule has 4 nitrogen and oxygen atoms in total. The molecule has 1 atom stereocenters. The van der Waals surface area contributed by atoms with Gasteiger partial charge >= 0.3 is 0 Å². The van der Waals surface area contributed by atoms with Gasteiger partial charge in [-0.3, -0.25) is 9.78 Å². The van der Waals surface area contributed by atoms with Gasteiger partial charge in [-0.2, -0.15) is 0 Å². The number of nitrogens with one attached hydrogen (secondary N) is 1. The van der Waals surface area contributed by atoms with E-state index in [0.29, 0.717) is 13.0 Å². The summed E-state index contributed by atoms with van der Waals surface area (Å²) in [5.74, 6) is 0.0210. The fourth-order valence-corrected chi connectivity index (χ4v) is 2.05. The molecular weight excluding hydrogens is 238 g/mol. The van der Waals surface area contributed by atoms with E-state index in [1.807, 2.05) is 18.2 Å². The summed E-state index contributed by atoms with van der Waals surface area (Å²) in [4.78, 5) is 15.9. The van der Waals surface area contributed by atoms with Crippen molar-refractivity contribution < 1.29 is 4.79 Å². The SMILES string of the molecule is CC(C)(C)CC(N)CC(=O)NCCc1ccccn1. The van der Waals surface area contributed by atoms with Crippen molar-refractivity contribution in [1.82, 2.24) is 10.3 Å². The molecular formula is C15H25N3O. The van der Waals surface area contributed by atoms with Crippen LogP contribution in [0, 0.1) is 5.41 Å². The zero-order chi connectivity index (χ0) is 14.3. The van der Waals surface area contributed by atoms with E-state index >= 15 is 0 Å². The largest absolute Gasteiger partial charge is 0.356 e. The Labute approximate surface area is 115 Å². The molecule has 1 aromatic rings. The molecule has 0 saturated heterocycles. The van der Waals surface area contributed by atoms with E-state index in [-0.39, 0.29) is 17.4 Å². The lowest BCUT2D eigenvalue weighted by Crippen LogP contribution is -2.35. The quantitative estimate of drug-likeness (QED) is 0.823. The molecule has 3 N–H and O–H groups in total. The second-order valence-corrected chi connectivity index (χ2v) is 6.15. The van der Waals surface area contributed by atoms with Crippen LogP contribution in [-0.2, 0) is 11.2 Å². The Bertz CT molecular complexity index is 384. The van der Waals surface area contributed by atoms with Gasteiger partial charge in [-0.15, -0.1) is 0 Å². The summed E-state index contributed by atoms with van der Waals surface area (Å²) in [6.07, 6.45) is 3.75. The van der Waals surface area contributed by atoms with E-state index in [0.717, 1.165) is 18.5 Å². The molecule has 1 amide bonds. The van der Waals surface area contributed by atoms with Crippen molar-refractivity contribution in [1.29, 1.82) is 0 Å². The van der Waals surface area contributed by atoms with Crippen molar-refractivity contribution in [3.8, 4) is 0 Å². The molecule has 0 spiro atoms. The summed E-state index contributed by atoms with van der Waals surface area (Å²) in [5, 5.41) is 2.89. The zero-order valence-corrected chi connectivity index (χ0v) is 12.1. The van der Waals surface area contributed by atoms with Gasteiger partial charge in [0.15, 0.2) is 0 Å². The van der Waals surface area contributed by atoms with Crippen LogP contribution in [0.25, 0.3) is 0 Å². The van der Waals surface area contributed by atoms with Crippen LogP contribution in [0.3, 0.4) is 0 Å². The average molecular weight is 263 g/mol. The Balaban J connectivity index is 2.21. The third-order valence-corrected chi connectivity index (χ3v) is 2.75. The molecule has 0 fully saturated rings. The molecule has 0 aliphatic heterocycles. The third-order valence-electron chi connectivity index (χ3n) is 2.75. The number of nitrogens with two attached hydrogens (primary N) is 1. The summed E-state index contributed by atoms with van der Waals surface area (Å²) in [5.41, 5.74) is 7.12. The Morgan fingerprint density at radius 2 is 2.16 bits per heavy atom. The monoisotopic (exact) mass is 263 g/mol. The van der Waals surface area contributed by atoms with Gasteiger partial charge < -0.3 is 11.1 Å². The lowest BCUT2D eigenvalue weighted by Gasteiger charge is -2.22. The molecule has 0 aliphatic rings. The van der Waals surface area contributed by atoms with Crippen LogP contribution >= 0.6 is 0 Å². The maximum atomic E-state index is 11.7. The third kappa shape index (κ3) is 7.57. The number of rotatable bonds is 6. The van der Waals surface area contributed by atoms with E-state index in [4.69, 9.17) is 5.73 Å². The molecule has 1 unspecified atom stereocenters. The highest BCUT2D eigenvalue weighted by Crippen LogP contribution is 2.20. The number of hydrogen-bond acceptors (Lipinski definition) is 3. The van der Waals surface area contributed by atoms with Crippen LogP contribution in [-0.4, -0.2) is 23.5 Å². The Hall–Kier alpha value is -1.42. The predicted octanol–water partition coefficient (Wildman–Crippen LogP) is 1.89. The summed E-state index contributed by atoms with van der Waals surface area (Å²) in [6, 6.07) is 5.71. The molecule has 0 aromatic carbocycles. The number of nitrogens with zero attached hydrogens (tertiary/aromatic N) is 1. The lowest BCUT2D eigenvalue weighted by molar-refractivity contribution is -0.121. The van der Waals surface area contributed by atoms with Crippen molar-refractivity contribution in [2.75, 3.05) is 6.54 Å². The standard InChI is InChI=1S/C15H25N3O/c1-15(2,3)11-12(16)10-14(19)18-9-7-13-6-4-5-8-17-13/h4-6,8,12H,7,9-11,16H2,1-3H3,(H,18,19). The van der Waals surface area contributed by atoms with Crippen LogP contribution in [0.4, 0.5) is 0 Å². The van der Waals surface area contributed by atoms with Crippen LogP contribution in [0.15, 0.2) is 24.4 Å². The molecule has 0 aliphatic carbocycles. The summed E-state index contributed by atoms with van der Waals surface area (Å²) < 4.78 is 0. The first-order valence-electron chi connectivity index (χ1n) is 6.79. The molecule has 0 radical (unpaired) electrons. The van der Waals surface area contributed by atoms with Crippen LogP contribution < -0.4 is 11.1 Å². The minimum absolute atomic E-state index is 0.0210. The minimum Gasteiger partial charge on any atom is -0.356 e. The lowest BCUT2D eigenvalue weighted by atomic mass is 9.87. The molecule has 1 aromatic heterocycles. The van der Waals surface area contributed by atoms with E-state index < -0.39 is 0 Å². The minimum atomic E-state index is -0.0742. The first kappa shape index (κ1) is 15.6. The second kappa shape index (κ2) is 7.24. The Kier molecular flexibility index (Phi) is 5.96. The topological polar surface area (TPSA) is 68.0 Å². The Morgan fingerprint density at radius 1 is 1.42 bits per heavy atom. The maximum Gasteiger partial charge on any atom is 0.221 e. The molecule has 106 valence electrons. The van der Waals surface area contributed by atoms with Crippen LogP contribution in [0.2, 0.25) is 0 Å². The maximum absolute atomic E-state index is 11.7. The number of carbonyl (C=O) groups excluding carboxylic acids is 1. The normalized spacial score (nSPS) is 13.1. The van der Waals surface area contributed by atoms with Crippen molar-refractivity contribution in [3.05, 3.63) is 30.1 Å². The van der Waals surface area contributed by atoms with Gasteiger partial charge in [-0.1, -0.05) is 26.8 Å². The van der Waals surface area contributed by atoms with Crippen molar-refractivity contribution >= 4 is 5.91 Å². The van der Waals surface area contributed by atoms with Crippen molar-refractivity contribution in [3.63, 3.8) is 0 Å². The Morgan fingerprint density at radius 3 is 2.74 bits per heavy atom. The van der Waals surface area contributed by atoms with Gasteiger partial charge in [0.2, 0.25) is 5.91 Å². The van der Waals surface area contributed by atoms with Gasteiger partial charge in [-0.05, 0) is 24.0 Å². The number of aromatic nitrogens is 1. The van der Waals surface area contributed by atoms with Gasteiger partial charge in [0, 0.05) is 37.3 Å². The molecule has 1 rings (SSSR count). The van der Waals surface area contributed by atoms with Gasteiger partial charge in [0.05, 0.1) is 0 Å². The average Bonchev–Trinajstić information content (AvgIpc) is 2.27. The highest BCUT2D eigenvalue weighted by atomic mass is 16.1. The second-order valence-electron chi connectivity index (χ2n) is 6.15. The van der Waals surface area contributed by atoms with Crippen LogP contribution in [0.5, 0.6) is 0 Å². The number of pyridine rings is 1. The number of carbonyl (C=O) groups is 1. The fourth-order valence-electron chi connectivity index (χ4n) is 2.05. The van der Waals surface area contributed by atoms with E-state index in [1.54, 1.807) is 6.20 Å². The van der Waals surface area contributed by atoms with E-state index in [9.17, 15) is 4.79 Å². The van der Waals surface area contributed by atoms with E-state index in [1.165, 1.54) is 0 Å². The molecule has 1 heterocycles. The van der Waals surface area contributed by atoms with Crippen molar-refractivity contribution in [2.45, 2.75) is 46.1 Å². The summed E-state index contributed by atoms with van der Waals surface area (Å²) in [6.45, 7) is 7.00. The smallest absolute Gasteiger partial charge is 0.221 e. The first-order chi connectivity index (χ1) is 8.87. The molecule has 4 heteroatoms. The van der Waals surface area contributed by atoms with Gasteiger partial charge in [0.1, 0.15) is 0 Å². The van der Waals surface area contributed by atoms with E-state index in [2.05, 4.69) is 31.1 Å². The summed E-state index contributed by atoms with van der Waals surface area (Å²) in [7, 11) is 0. The van der Waals surface area contributed by atoms with Gasteiger partial charge in [0.25, 0.3) is 0 Å². The molecule has 0 bridgehead atoms. The van der Waals surface area contributed by atoms with Crippen molar-refractivity contribution in [2.24, 2.45) is 11.1 Å². The van der Waals surface area contributed by atoms with Gasteiger partial charge in [-0.25, -0.2) is 0 Å². The number of amides is 1.